The van der Waals surface area contributed by atoms with E-state index in [1.54, 1.807) is 18.2 Å². The van der Waals surface area contributed by atoms with Crippen LogP contribution in [-0.2, 0) is 0 Å². The number of aromatic nitrogens is 3. The number of fused-ring (bicyclic) bond motifs is 1. The van der Waals surface area contributed by atoms with Crippen LogP contribution in [0.4, 0.5) is 14.5 Å². The van der Waals surface area contributed by atoms with Crippen LogP contribution >= 0.6 is 0 Å². The second-order valence-corrected chi connectivity index (χ2v) is 8.69. The number of nitrogens with zero attached hydrogens (tertiary/aromatic N) is 4. The van der Waals surface area contributed by atoms with Gasteiger partial charge < -0.3 is 10.1 Å². The van der Waals surface area contributed by atoms with Crippen LogP contribution in [0, 0.1) is 18.2 Å². The molecule has 0 amide bonds. The number of carbonyl (C=O) groups is 1. The van der Waals surface area contributed by atoms with Crippen molar-refractivity contribution in [3.8, 4) is 22.6 Å². The van der Waals surface area contributed by atoms with E-state index in [2.05, 4.69) is 15.1 Å². The number of ether oxygens (including phenoxy) is 1. The Hall–Kier alpha value is -4.49. The van der Waals surface area contributed by atoms with Gasteiger partial charge in [0.25, 0.3) is 5.56 Å². The molecule has 0 saturated carbocycles. The predicted molar refractivity (Wildman–Crippen MR) is 133 cm³/mol. The lowest BCUT2D eigenvalue weighted by Crippen LogP contribution is -2.29. The number of nitrogens with one attached hydrogen (secondary N) is 1. The Kier molecular flexibility index (Phi) is 6.23. The van der Waals surface area contributed by atoms with Gasteiger partial charge in [0.1, 0.15) is 11.5 Å². The van der Waals surface area contributed by atoms with E-state index >= 15 is 0 Å². The number of halogens is 2. The number of rotatable bonds is 5. The summed E-state index contributed by atoms with van der Waals surface area (Å²) in [6.45, 7) is 9.66. The zero-order chi connectivity index (χ0) is 26.3. The first-order valence-corrected chi connectivity index (χ1v) is 11.5. The molecular weight excluding hydrogens is 480 g/mol. The highest BCUT2D eigenvalue weighted by atomic mass is 19.1. The number of carbonyl (C=O) groups excluding carboxylic acids is 1. The number of hydrogen-bond donors (Lipinski definition) is 1. The van der Waals surface area contributed by atoms with Gasteiger partial charge in [0.2, 0.25) is 0 Å². The maximum absolute atomic E-state index is 14.7. The lowest BCUT2D eigenvalue weighted by Gasteiger charge is -2.20. The number of benzene rings is 2. The van der Waals surface area contributed by atoms with Gasteiger partial charge in [0.05, 0.1) is 36.3 Å². The fourth-order valence-corrected chi connectivity index (χ4v) is 4.60. The summed E-state index contributed by atoms with van der Waals surface area (Å²) in [6, 6.07) is 7.99. The Bertz CT molecular complexity index is 1630. The monoisotopic (exact) mass is 501 g/mol. The molecule has 1 atom stereocenters. The molecule has 0 spiro atoms. The molecule has 0 radical (unpaired) electrons. The van der Waals surface area contributed by atoms with Crippen LogP contribution in [0.5, 0.6) is 5.75 Å². The highest BCUT2D eigenvalue weighted by Gasteiger charge is 2.26. The first-order chi connectivity index (χ1) is 17.8. The number of hydrogen-bond acceptors (Lipinski definition) is 6. The zero-order valence-corrected chi connectivity index (χ0v) is 20.0. The van der Waals surface area contributed by atoms with Gasteiger partial charge in [0.15, 0.2) is 28.9 Å². The minimum absolute atomic E-state index is 0.0406. The van der Waals surface area contributed by atoms with E-state index in [0.717, 1.165) is 25.7 Å². The summed E-state index contributed by atoms with van der Waals surface area (Å²) >= 11 is 0. The van der Waals surface area contributed by atoms with Gasteiger partial charge in [-0.3, -0.25) is 19.1 Å². The number of methoxy groups -OCH3 is 1. The maximum atomic E-state index is 14.7. The number of Topliss-reactive ketones (excluding diaryl/α,β-unsaturated/α-hetero) is 1. The van der Waals surface area contributed by atoms with E-state index in [-0.39, 0.29) is 34.3 Å². The summed E-state index contributed by atoms with van der Waals surface area (Å²) in [5.74, 6) is -2.36. The van der Waals surface area contributed by atoms with Crippen molar-refractivity contribution in [2.75, 3.05) is 13.7 Å². The van der Waals surface area contributed by atoms with Crippen molar-refractivity contribution in [2.45, 2.75) is 25.8 Å². The topological polar surface area (TPSA) is 90.5 Å². The Morgan fingerprint density at radius 1 is 1.22 bits per heavy atom. The van der Waals surface area contributed by atoms with E-state index in [1.807, 2.05) is 0 Å². The smallest absolute Gasteiger partial charge is 0.264 e. The van der Waals surface area contributed by atoms with Gasteiger partial charge >= 0.3 is 0 Å². The summed E-state index contributed by atoms with van der Waals surface area (Å²) in [7, 11) is 1.16. The lowest BCUT2D eigenvalue weighted by molar-refractivity contribution is 0.101. The Morgan fingerprint density at radius 3 is 2.54 bits per heavy atom. The van der Waals surface area contributed by atoms with E-state index < -0.39 is 22.9 Å². The first kappa shape index (κ1) is 24.2. The molecule has 0 aliphatic carbocycles. The van der Waals surface area contributed by atoms with Crippen molar-refractivity contribution in [3.05, 3.63) is 87.5 Å². The maximum Gasteiger partial charge on any atom is 0.264 e. The summed E-state index contributed by atoms with van der Waals surface area (Å²) in [4.78, 5) is 38.1. The van der Waals surface area contributed by atoms with Crippen LogP contribution in [0.1, 0.15) is 42.1 Å². The van der Waals surface area contributed by atoms with Gasteiger partial charge in [-0.05, 0) is 43.1 Å². The standard InChI is InChI=1S/C27H21F2N5O3/c1-14(35)22-7-6-15(13-32-22)18-9-16(30-2)10-19-24(18)33-26(23-5-4-8-31-23)34(27(19)36)17-11-20(28)25(37-3)21(29)12-17/h6-7,9-13,23,31H,4-5,8H2,1,3H3. The minimum Gasteiger partial charge on any atom is -0.491 e. The third-order valence-corrected chi connectivity index (χ3v) is 6.37. The van der Waals surface area contributed by atoms with Gasteiger partial charge in [-0.1, -0.05) is 6.07 Å². The minimum atomic E-state index is -0.956. The average molecular weight is 501 g/mol. The molecule has 186 valence electrons. The van der Waals surface area contributed by atoms with Crippen LogP contribution in [0.15, 0.2) is 47.4 Å². The molecule has 1 aliphatic rings. The Morgan fingerprint density at radius 2 is 1.97 bits per heavy atom. The molecule has 2 aromatic heterocycles. The second kappa shape index (κ2) is 9.52. The van der Waals surface area contributed by atoms with Crippen molar-refractivity contribution >= 4 is 22.4 Å². The molecule has 1 unspecified atom stereocenters. The Labute approximate surface area is 210 Å². The molecule has 2 aromatic carbocycles. The van der Waals surface area contributed by atoms with Crippen molar-refractivity contribution < 1.29 is 18.3 Å². The molecule has 5 rings (SSSR count). The van der Waals surface area contributed by atoms with Gasteiger partial charge in [-0.25, -0.2) is 18.6 Å². The van der Waals surface area contributed by atoms with Crippen molar-refractivity contribution in [1.82, 2.24) is 19.9 Å². The SMILES string of the molecule is [C-]#[N+]c1cc(-c2ccc(C(C)=O)nc2)c2nc(C3CCCN3)n(-c3cc(F)c(OC)c(F)c3)c(=O)c2c1. The summed E-state index contributed by atoms with van der Waals surface area (Å²) in [6.07, 6.45) is 3.00. The molecular formula is C27H21F2N5O3. The third-order valence-electron chi connectivity index (χ3n) is 6.37. The molecule has 3 heterocycles. The summed E-state index contributed by atoms with van der Waals surface area (Å²) in [5, 5.41) is 3.40. The molecule has 1 aliphatic heterocycles. The zero-order valence-electron chi connectivity index (χ0n) is 20.0. The van der Waals surface area contributed by atoms with Crippen LogP contribution in [-0.4, -0.2) is 34.0 Å². The Balaban J connectivity index is 1.84. The lowest BCUT2D eigenvalue weighted by atomic mass is 10.0. The van der Waals surface area contributed by atoms with Gasteiger partial charge in [-0.2, -0.15) is 0 Å². The second-order valence-electron chi connectivity index (χ2n) is 8.69. The molecule has 1 saturated heterocycles. The molecule has 37 heavy (non-hydrogen) atoms. The quantitative estimate of drug-likeness (QED) is 0.309. The van der Waals surface area contributed by atoms with Gasteiger partial charge in [0, 0.05) is 30.8 Å². The van der Waals surface area contributed by atoms with Crippen LogP contribution < -0.4 is 15.6 Å². The highest BCUT2D eigenvalue weighted by Crippen LogP contribution is 2.34. The molecule has 1 fully saturated rings. The fourth-order valence-electron chi connectivity index (χ4n) is 4.60. The van der Waals surface area contributed by atoms with Gasteiger partial charge in [-0.15, -0.1) is 0 Å². The molecule has 8 nitrogen and oxygen atoms in total. The van der Waals surface area contributed by atoms with Crippen molar-refractivity contribution in [3.63, 3.8) is 0 Å². The van der Waals surface area contributed by atoms with E-state index in [9.17, 15) is 18.4 Å². The summed E-state index contributed by atoms with van der Waals surface area (Å²) < 4.78 is 35.3. The van der Waals surface area contributed by atoms with Crippen LogP contribution in [0.2, 0.25) is 0 Å². The number of pyridine rings is 1. The predicted octanol–water partition coefficient (Wildman–Crippen LogP) is 4.91. The van der Waals surface area contributed by atoms with Crippen molar-refractivity contribution in [1.29, 1.82) is 0 Å². The van der Waals surface area contributed by atoms with E-state index in [1.165, 1.54) is 23.8 Å². The summed E-state index contributed by atoms with van der Waals surface area (Å²) in [5.41, 5.74) is 1.23. The third kappa shape index (κ3) is 4.23. The number of ketones is 1. The molecule has 4 aromatic rings. The average Bonchev–Trinajstić information content (AvgIpc) is 3.43. The van der Waals surface area contributed by atoms with Crippen molar-refractivity contribution in [2.24, 2.45) is 0 Å². The van der Waals surface area contributed by atoms with Crippen LogP contribution in [0.25, 0.3) is 32.6 Å². The molecule has 0 bridgehead atoms. The molecule has 10 heteroatoms. The van der Waals surface area contributed by atoms with E-state index in [0.29, 0.717) is 35.4 Å². The normalized spacial score (nSPS) is 15.1. The fraction of sp³-hybridized carbons (Fsp3) is 0.222. The highest BCUT2D eigenvalue weighted by molar-refractivity contribution is 5.97. The first-order valence-electron chi connectivity index (χ1n) is 11.5. The van der Waals surface area contributed by atoms with E-state index in [4.69, 9.17) is 16.3 Å². The molecule has 1 N–H and O–H groups in total. The van der Waals surface area contributed by atoms with Crippen LogP contribution in [0.3, 0.4) is 0 Å². The largest absolute Gasteiger partial charge is 0.491 e.